The first kappa shape index (κ1) is 13.1. The van der Waals surface area contributed by atoms with Gasteiger partial charge in [0.2, 0.25) is 5.91 Å². The number of anilines is 1. The van der Waals surface area contributed by atoms with Gasteiger partial charge < -0.3 is 5.32 Å². The summed E-state index contributed by atoms with van der Waals surface area (Å²) in [6, 6.07) is 11.5. The van der Waals surface area contributed by atoms with Gasteiger partial charge in [0.1, 0.15) is 0 Å². The number of benzene rings is 1. The van der Waals surface area contributed by atoms with Crippen LogP contribution in [0.5, 0.6) is 0 Å². The fourth-order valence-corrected chi connectivity index (χ4v) is 2.08. The van der Waals surface area contributed by atoms with Crippen molar-refractivity contribution in [2.24, 2.45) is 7.05 Å². The smallest absolute Gasteiger partial charge is 0.249 e. The second-order valence-corrected chi connectivity index (χ2v) is 4.62. The zero-order valence-corrected chi connectivity index (χ0v) is 11.5. The lowest BCUT2D eigenvalue weighted by Gasteiger charge is -2.00. The highest BCUT2D eigenvalue weighted by Gasteiger charge is 2.02. The third kappa shape index (κ3) is 2.97. The number of rotatable bonds is 3. The van der Waals surface area contributed by atoms with Gasteiger partial charge in [0.25, 0.3) is 0 Å². The molecule has 0 unspecified atom stereocenters. The summed E-state index contributed by atoms with van der Waals surface area (Å²) in [4.78, 5) is 16.2. The van der Waals surface area contributed by atoms with E-state index in [9.17, 15) is 4.79 Å². The number of fused-ring (bicyclic) bond motifs is 1. The van der Waals surface area contributed by atoms with Gasteiger partial charge in [-0.05, 0) is 12.1 Å². The Hall–Kier alpha value is -2.95. The molecule has 0 spiro atoms. The molecule has 0 bridgehead atoms. The lowest BCUT2D eigenvalue weighted by Crippen LogP contribution is -2.08. The molecule has 0 atom stereocenters. The average Bonchev–Trinajstić information content (AvgIpc) is 2.90. The van der Waals surface area contributed by atoms with Crippen LogP contribution in [0.25, 0.3) is 17.0 Å². The van der Waals surface area contributed by atoms with Crippen molar-refractivity contribution in [1.82, 2.24) is 14.8 Å². The van der Waals surface area contributed by atoms with Crippen molar-refractivity contribution < 1.29 is 4.79 Å². The molecule has 0 aliphatic carbocycles. The molecule has 5 nitrogen and oxygen atoms in total. The lowest BCUT2D eigenvalue weighted by atomic mass is 10.1. The van der Waals surface area contributed by atoms with E-state index in [1.165, 1.54) is 6.08 Å². The van der Waals surface area contributed by atoms with Gasteiger partial charge in [0, 0.05) is 42.5 Å². The SMILES string of the molecule is Cn1ccc(NC(=O)C=Cc2cccc3cccnc23)n1. The van der Waals surface area contributed by atoms with Gasteiger partial charge in [-0.2, -0.15) is 5.10 Å². The average molecular weight is 278 g/mol. The van der Waals surface area contributed by atoms with E-state index in [0.717, 1.165) is 16.5 Å². The molecule has 0 fully saturated rings. The third-order valence-electron chi connectivity index (χ3n) is 3.04. The predicted molar refractivity (Wildman–Crippen MR) is 82.6 cm³/mol. The Labute approximate surface area is 121 Å². The van der Waals surface area contributed by atoms with Crippen molar-refractivity contribution in [3.05, 3.63) is 60.4 Å². The van der Waals surface area contributed by atoms with Crippen LogP contribution < -0.4 is 5.32 Å². The molecule has 0 saturated carbocycles. The molecule has 0 aliphatic heterocycles. The molecule has 3 aromatic rings. The van der Waals surface area contributed by atoms with E-state index in [1.54, 1.807) is 36.3 Å². The summed E-state index contributed by atoms with van der Waals surface area (Å²) in [5.41, 5.74) is 1.78. The van der Waals surface area contributed by atoms with Crippen LogP contribution in [-0.2, 0) is 11.8 Å². The number of pyridine rings is 1. The molecule has 0 aliphatic rings. The minimum atomic E-state index is -0.221. The number of amides is 1. The highest BCUT2D eigenvalue weighted by atomic mass is 16.1. The summed E-state index contributed by atoms with van der Waals surface area (Å²) in [6.07, 6.45) is 6.76. The molecule has 5 heteroatoms. The summed E-state index contributed by atoms with van der Waals surface area (Å²) in [7, 11) is 1.80. The first-order valence-electron chi connectivity index (χ1n) is 6.55. The van der Waals surface area contributed by atoms with Crippen molar-refractivity contribution >= 4 is 28.7 Å². The van der Waals surface area contributed by atoms with Gasteiger partial charge in [-0.3, -0.25) is 14.5 Å². The predicted octanol–water partition coefficient (Wildman–Crippen LogP) is 2.62. The van der Waals surface area contributed by atoms with Gasteiger partial charge in [-0.1, -0.05) is 24.3 Å². The fraction of sp³-hybridized carbons (Fsp3) is 0.0625. The molecule has 2 heterocycles. The standard InChI is InChI=1S/C16H14N4O/c1-20-11-9-14(19-20)18-15(21)8-7-13-5-2-4-12-6-3-10-17-16(12)13/h2-11H,1H3,(H,18,19,21). The van der Waals surface area contributed by atoms with Crippen LogP contribution in [0.1, 0.15) is 5.56 Å². The molecule has 1 N–H and O–H groups in total. The fourth-order valence-electron chi connectivity index (χ4n) is 2.08. The van der Waals surface area contributed by atoms with Crippen molar-refractivity contribution in [2.75, 3.05) is 5.32 Å². The van der Waals surface area contributed by atoms with E-state index in [4.69, 9.17) is 0 Å². The van der Waals surface area contributed by atoms with Crippen molar-refractivity contribution in [3.63, 3.8) is 0 Å². The number of carbonyl (C=O) groups is 1. The van der Waals surface area contributed by atoms with Crippen LogP contribution in [0.2, 0.25) is 0 Å². The Kier molecular flexibility index (Phi) is 3.47. The van der Waals surface area contributed by atoms with E-state index in [2.05, 4.69) is 15.4 Å². The van der Waals surface area contributed by atoms with Gasteiger partial charge >= 0.3 is 0 Å². The highest BCUT2D eigenvalue weighted by Crippen LogP contribution is 2.17. The molecule has 104 valence electrons. The maximum atomic E-state index is 11.9. The molecule has 3 rings (SSSR count). The van der Waals surface area contributed by atoms with Gasteiger partial charge in [-0.15, -0.1) is 0 Å². The summed E-state index contributed by atoms with van der Waals surface area (Å²) < 4.78 is 1.63. The number of hydrogen-bond donors (Lipinski definition) is 1. The van der Waals surface area contributed by atoms with E-state index in [-0.39, 0.29) is 5.91 Å². The van der Waals surface area contributed by atoms with Crippen LogP contribution in [0.3, 0.4) is 0 Å². The van der Waals surface area contributed by atoms with Crippen molar-refractivity contribution in [2.45, 2.75) is 0 Å². The summed E-state index contributed by atoms with van der Waals surface area (Å²) >= 11 is 0. The van der Waals surface area contributed by atoms with Crippen LogP contribution in [0, 0.1) is 0 Å². The van der Waals surface area contributed by atoms with E-state index in [1.807, 2.05) is 30.3 Å². The monoisotopic (exact) mass is 278 g/mol. The molecule has 2 aromatic heterocycles. The Bertz CT molecular complexity index is 815. The Morgan fingerprint density at radius 2 is 2.10 bits per heavy atom. The number of nitrogens with zero attached hydrogens (tertiary/aromatic N) is 3. The number of aryl methyl sites for hydroxylation is 1. The number of para-hydroxylation sites is 1. The molecule has 21 heavy (non-hydrogen) atoms. The van der Waals surface area contributed by atoms with E-state index < -0.39 is 0 Å². The summed E-state index contributed by atoms with van der Waals surface area (Å²) in [6.45, 7) is 0. The number of hydrogen-bond acceptors (Lipinski definition) is 3. The van der Waals surface area contributed by atoms with Crippen LogP contribution in [-0.4, -0.2) is 20.7 Å². The van der Waals surface area contributed by atoms with E-state index in [0.29, 0.717) is 5.82 Å². The van der Waals surface area contributed by atoms with Crippen molar-refractivity contribution in [3.8, 4) is 0 Å². The molecule has 0 radical (unpaired) electrons. The minimum absolute atomic E-state index is 0.221. The first-order chi connectivity index (χ1) is 10.2. The Morgan fingerprint density at radius 3 is 2.90 bits per heavy atom. The van der Waals surface area contributed by atoms with Crippen LogP contribution >= 0.6 is 0 Å². The third-order valence-corrected chi connectivity index (χ3v) is 3.04. The maximum Gasteiger partial charge on any atom is 0.249 e. The molecule has 0 saturated heterocycles. The molecular formula is C16H14N4O. The maximum absolute atomic E-state index is 11.9. The lowest BCUT2D eigenvalue weighted by molar-refractivity contribution is -0.111. The topological polar surface area (TPSA) is 59.8 Å². The first-order valence-corrected chi connectivity index (χ1v) is 6.55. The zero-order valence-electron chi connectivity index (χ0n) is 11.5. The summed E-state index contributed by atoms with van der Waals surface area (Å²) in [5.74, 6) is 0.310. The summed E-state index contributed by atoms with van der Waals surface area (Å²) in [5, 5.41) is 7.84. The highest BCUT2D eigenvalue weighted by molar-refractivity contribution is 6.02. The second kappa shape index (κ2) is 5.58. The van der Waals surface area contributed by atoms with Gasteiger partial charge in [0.05, 0.1) is 5.52 Å². The largest absolute Gasteiger partial charge is 0.306 e. The normalized spacial score (nSPS) is 11.1. The Morgan fingerprint density at radius 1 is 1.24 bits per heavy atom. The van der Waals surface area contributed by atoms with E-state index >= 15 is 0 Å². The minimum Gasteiger partial charge on any atom is -0.306 e. The number of nitrogens with one attached hydrogen (secondary N) is 1. The van der Waals surface area contributed by atoms with Crippen molar-refractivity contribution in [1.29, 1.82) is 0 Å². The Balaban J connectivity index is 1.79. The molecular weight excluding hydrogens is 264 g/mol. The second-order valence-electron chi connectivity index (χ2n) is 4.62. The van der Waals surface area contributed by atoms with Crippen LogP contribution in [0.15, 0.2) is 54.9 Å². The number of carbonyl (C=O) groups excluding carboxylic acids is 1. The zero-order chi connectivity index (χ0) is 14.7. The van der Waals surface area contributed by atoms with Gasteiger partial charge in [0.15, 0.2) is 5.82 Å². The number of aromatic nitrogens is 3. The van der Waals surface area contributed by atoms with Crippen LogP contribution in [0.4, 0.5) is 5.82 Å². The molecule has 1 amide bonds. The van der Waals surface area contributed by atoms with Gasteiger partial charge in [-0.25, -0.2) is 0 Å². The quantitative estimate of drug-likeness (QED) is 0.749. The molecule has 1 aromatic carbocycles.